The number of nitrogens with one attached hydrogen (secondary N) is 1. The summed E-state index contributed by atoms with van der Waals surface area (Å²) >= 11 is 3.56. The first-order valence-corrected chi connectivity index (χ1v) is 7.60. The summed E-state index contributed by atoms with van der Waals surface area (Å²) in [4.78, 5) is 0. The minimum Gasteiger partial charge on any atom is -0.497 e. The van der Waals surface area contributed by atoms with Gasteiger partial charge in [-0.2, -0.15) is 0 Å². The Morgan fingerprint density at radius 3 is 2.62 bits per heavy atom. The monoisotopic (exact) mass is 351 g/mol. The lowest BCUT2D eigenvalue weighted by molar-refractivity contribution is 0.413. The van der Waals surface area contributed by atoms with Crippen LogP contribution in [0.2, 0.25) is 0 Å². The summed E-state index contributed by atoms with van der Waals surface area (Å²) in [6.07, 6.45) is 0.747. The molecule has 112 valence electrons. The molecule has 4 heteroatoms. The molecule has 2 rings (SSSR count). The Balaban J connectivity index is 2.28. The average Bonchev–Trinajstić information content (AvgIpc) is 2.49. The molecular formula is C17H19BrFNO. The van der Waals surface area contributed by atoms with E-state index < -0.39 is 0 Å². The number of hydrogen-bond donors (Lipinski definition) is 1. The van der Waals surface area contributed by atoms with Gasteiger partial charge in [-0.05, 0) is 61.3 Å². The summed E-state index contributed by atoms with van der Waals surface area (Å²) in [6.45, 7) is 1.77. The normalized spacial score (nSPS) is 12.2. The lowest BCUT2D eigenvalue weighted by Gasteiger charge is -2.18. The Kier molecular flexibility index (Phi) is 5.37. The topological polar surface area (TPSA) is 21.3 Å². The Hall–Kier alpha value is -1.39. The van der Waals surface area contributed by atoms with E-state index in [1.807, 2.05) is 37.4 Å². The summed E-state index contributed by atoms with van der Waals surface area (Å²) in [5.41, 5.74) is 2.72. The van der Waals surface area contributed by atoms with Gasteiger partial charge in [0.15, 0.2) is 0 Å². The molecule has 2 aromatic carbocycles. The van der Waals surface area contributed by atoms with E-state index in [0.717, 1.165) is 27.8 Å². The highest BCUT2D eigenvalue weighted by Crippen LogP contribution is 2.28. The maximum atomic E-state index is 13.8. The van der Waals surface area contributed by atoms with Crippen LogP contribution in [-0.2, 0) is 6.42 Å². The zero-order chi connectivity index (χ0) is 15.4. The first-order valence-electron chi connectivity index (χ1n) is 6.81. The van der Waals surface area contributed by atoms with Crippen molar-refractivity contribution in [1.29, 1.82) is 0 Å². The van der Waals surface area contributed by atoms with Crippen LogP contribution in [0, 0.1) is 12.7 Å². The third-order valence-electron chi connectivity index (χ3n) is 3.62. The molecule has 0 aliphatic heterocycles. The Labute approximate surface area is 133 Å². The fraction of sp³-hybridized carbons (Fsp3) is 0.294. The molecule has 0 saturated carbocycles. The van der Waals surface area contributed by atoms with Crippen LogP contribution in [0.15, 0.2) is 40.9 Å². The largest absolute Gasteiger partial charge is 0.497 e. The number of aryl methyl sites for hydroxylation is 1. The number of likely N-dealkylation sites (N-methyl/N-ethyl adjacent to an activating group) is 1. The van der Waals surface area contributed by atoms with Crippen molar-refractivity contribution in [3.63, 3.8) is 0 Å². The van der Waals surface area contributed by atoms with Crippen LogP contribution in [0.1, 0.15) is 22.7 Å². The molecule has 0 fully saturated rings. The van der Waals surface area contributed by atoms with E-state index in [1.165, 1.54) is 0 Å². The molecule has 2 aromatic rings. The van der Waals surface area contributed by atoms with Gasteiger partial charge in [0.05, 0.1) is 7.11 Å². The van der Waals surface area contributed by atoms with Crippen LogP contribution in [0.5, 0.6) is 5.75 Å². The molecule has 0 amide bonds. The number of hydrogen-bond acceptors (Lipinski definition) is 2. The van der Waals surface area contributed by atoms with Crippen LogP contribution in [0.4, 0.5) is 4.39 Å². The highest BCUT2D eigenvalue weighted by molar-refractivity contribution is 9.10. The van der Waals surface area contributed by atoms with Crippen LogP contribution >= 0.6 is 15.9 Å². The van der Waals surface area contributed by atoms with Gasteiger partial charge in [0.1, 0.15) is 11.6 Å². The molecule has 0 radical (unpaired) electrons. The fourth-order valence-electron chi connectivity index (χ4n) is 2.27. The summed E-state index contributed by atoms with van der Waals surface area (Å²) in [5.74, 6) is 0.649. The van der Waals surface area contributed by atoms with Crippen molar-refractivity contribution in [3.8, 4) is 5.75 Å². The van der Waals surface area contributed by atoms with Gasteiger partial charge in [0.25, 0.3) is 0 Å². The molecule has 1 unspecified atom stereocenters. The smallest absolute Gasteiger partial charge is 0.126 e. The van der Waals surface area contributed by atoms with Crippen molar-refractivity contribution in [2.24, 2.45) is 0 Å². The number of ether oxygens (including phenoxy) is 1. The van der Waals surface area contributed by atoms with E-state index >= 15 is 0 Å². The van der Waals surface area contributed by atoms with Gasteiger partial charge in [-0.25, -0.2) is 4.39 Å². The lowest BCUT2D eigenvalue weighted by atomic mass is 9.98. The molecule has 1 atom stereocenters. The van der Waals surface area contributed by atoms with E-state index in [-0.39, 0.29) is 11.9 Å². The molecule has 21 heavy (non-hydrogen) atoms. The molecule has 0 spiro atoms. The molecule has 0 bridgehead atoms. The molecule has 0 aromatic heterocycles. The standard InChI is InChI=1S/C17H19BrFNO/c1-11-4-5-12(9-16(11)19)17(20-2)10-13-8-14(21-3)6-7-15(13)18/h4-9,17,20H,10H2,1-3H3. The van der Waals surface area contributed by atoms with E-state index in [0.29, 0.717) is 5.56 Å². The van der Waals surface area contributed by atoms with Gasteiger partial charge in [0.2, 0.25) is 0 Å². The summed E-state index contributed by atoms with van der Waals surface area (Å²) < 4.78 is 20.0. The lowest BCUT2D eigenvalue weighted by Crippen LogP contribution is -2.19. The van der Waals surface area contributed by atoms with Gasteiger partial charge in [-0.15, -0.1) is 0 Å². The highest BCUT2D eigenvalue weighted by Gasteiger charge is 2.14. The van der Waals surface area contributed by atoms with E-state index in [2.05, 4.69) is 21.2 Å². The minimum atomic E-state index is -0.169. The van der Waals surface area contributed by atoms with Crippen molar-refractivity contribution in [3.05, 3.63) is 63.4 Å². The van der Waals surface area contributed by atoms with Crippen molar-refractivity contribution in [2.45, 2.75) is 19.4 Å². The van der Waals surface area contributed by atoms with Crippen molar-refractivity contribution < 1.29 is 9.13 Å². The van der Waals surface area contributed by atoms with Crippen molar-refractivity contribution in [1.82, 2.24) is 5.32 Å². The van der Waals surface area contributed by atoms with E-state index in [9.17, 15) is 4.39 Å². The van der Waals surface area contributed by atoms with Crippen LogP contribution in [-0.4, -0.2) is 14.2 Å². The number of halogens is 2. The molecule has 0 aliphatic carbocycles. The van der Waals surface area contributed by atoms with Crippen LogP contribution in [0.3, 0.4) is 0 Å². The second-order valence-electron chi connectivity index (χ2n) is 5.01. The highest BCUT2D eigenvalue weighted by atomic mass is 79.9. The number of rotatable bonds is 5. The molecule has 0 aliphatic rings. The fourth-order valence-corrected chi connectivity index (χ4v) is 2.68. The molecule has 1 N–H and O–H groups in total. The number of benzene rings is 2. The maximum Gasteiger partial charge on any atom is 0.126 e. The Bertz CT molecular complexity index is 630. The van der Waals surface area contributed by atoms with Crippen molar-refractivity contribution in [2.75, 3.05) is 14.2 Å². The van der Waals surface area contributed by atoms with E-state index in [1.54, 1.807) is 20.1 Å². The first kappa shape index (κ1) is 16.0. The first-order chi connectivity index (χ1) is 10.0. The quantitative estimate of drug-likeness (QED) is 0.861. The number of methoxy groups -OCH3 is 1. The second-order valence-corrected chi connectivity index (χ2v) is 5.87. The Morgan fingerprint density at radius 2 is 2.00 bits per heavy atom. The molecular weight excluding hydrogens is 333 g/mol. The predicted octanol–water partition coefficient (Wildman–Crippen LogP) is 4.41. The summed E-state index contributed by atoms with van der Waals surface area (Å²) in [5, 5.41) is 3.25. The zero-order valence-electron chi connectivity index (χ0n) is 12.4. The van der Waals surface area contributed by atoms with E-state index in [4.69, 9.17) is 4.74 Å². The van der Waals surface area contributed by atoms with Crippen LogP contribution < -0.4 is 10.1 Å². The zero-order valence-corrected chi connectivity index (χ0v) is 14.0. The average molecular weight is 352 g/mol. The molecule has 0 saturated heterocycles. The summed E-state index contributed by atoms with van der Waals surface area (Å²) in [7, 11) is 3.54. The van der Waals surface area contributed by atoms with Crippen molar-refractivity contribution >= 4 is 15.9 Å². The predicted molar refractivity (Wildman–Crippen MR) is 87.3 cm³/mol. The molecule has 0 heterocycles. The van der Waals surface area contributed by atoms with Gasteiger partial charge in [-0.1, -0.05) is 28.1 Å². The van der Waals surface area contributed by atoms with Gasteiger partial charge in [-0.3, -0.25) is 0 Å². The van der Waals surface area contributed by atoms with Gasteiger partial charge in [0, 0.05) is 10.5 Å². The van der Waals surface area contributed by atoms with Gasteiger partial charge >= 0.3 is 0 Å². The van der Waals surface area contributed by atoms with Gasteiger partial charge < -0.3 is 10.1 Å². The van der Waals surface area contributed by atoms with Crippen LogP contribution in [0.25, 0.3) is 0 Å². The SMILES string of the molecule is CNC(Cc1cc(OC)ccc1Br)c1ccc(C)c(F)c1. The summed E-state index contributed by atoms with van der Waals surface area (Å²) in [6, 6.07) is 11.3. The Morgan fingerprint density at radius 1 is 1.24 bits per heavy atom. The minimum absolute atomic E-state index is 0.0449. The second kappa shape index (κ2) is 7.05. The molecule has 2 nitrogen and oxygen atoms in total. The maximum absolute atomic E-state index is 13.8. The third kappa shape index (κ3) is 3.83. The third-order valence-corrected chi connectivity index (χ3v) is 4.40.